The van der Waals surface area contributed by atoms with Crippen LogP contribution in [0.15, 0.2) is 0 Å². The fraction of sp³-hybridized carbons (Fsp3) is 0.909. The number of aliphatic hydroxyl groups is 1. The summed E-state index contributed by atoms with van der Waals surface area (Å²) in [4.78, 5) is 13.4. The molecule has 1 saturated carbocycles. The van der Waals surface area contributed by atoms with E-state index in [9.17, 15) is 4.79 Å². The van der Waals surface area contributed by atoms with Gasteiger partial charge in [-0.2, -0.15) is 0 Å². The Bertz CT molecular complexity index is 237. The third kappa shape index (κ3) is 3.18. The lowest BCUT2D eigenvalue weighted by molar-refractivity contribution is -0.136. The quantitative estimate of drug-likeness (QED) is 0.693. The van der Waals surface area contributed by atoms with E-state index in [-0.39, 0.29) is 18.6 Å². The lowest BCUT2D eigenvalue weighted by atomic mass is 10.0. The van der Waals surface area contributed by atoms with Gasteiger partial charge in [-0.3, -0.25) is 4.79 Å². The van der Waals surface area contributed by atoms with Crippen LogP contribution in [-0.4, -0.2) is 41.1 Å². The summed E-state index contributed by atoms with van der Waals surface area (Å²) in [6.07, 6.45) is 2.70. The minimum absolute atomic E-state index is 0.00515. The van der Waals surface area contributed by atoms with Crippen LogP contribution >= 0.6 is 0 Å². The monoisotopic (exact) mass is 214 g/mol. The summed E-state index contributed by atoms with van der Waals surface area (Å²) in [5.74, 6) is 0.563. The van der Waals surface area contributed by atoms with Gasteiger partial charge in [0.05, 0.1) is 12.1 Å². The van der Waals surface area contributed by atoms with Crippen molar-refractivity contribution in [2.75, 3.05) is 13.7 Å². The van der Waals surface area contributed by atoms with Crippen molar-refractivity contribution >= 4 is 5.91 Å². The molecular formula is C11H22N2O2. The van der Waals surface area contributed by atoms with Crippen molar-refractivity contribution in [1.82, 2.24) is 4.90 Å². The molecule has 1 aliphatic rings. The van der Waals surface area contributed by atoms with Crippen LogP contribution in [0, 0.1) is 5.92 Å². The van der Waals surface area contributed by atoms with Gasteiger partial charge in [0.1, 0.15) is 0 Å². The normalized spacial score (nSPS) is 18.7. The second-order valence-corrected chi connectivity index (χ2v) is 5.13. The maximum Gasteiger partial charge on any atom is 0.224 e. The van der Waals surface area contributed by atoms with Crippen LogP contribution in [0.3, 0.4) is 0 Å². The van der Waals surface area contributed by atoms with E-state index in [0.717, 1.165) is 12.8 Å². The van der Waals surface area contributed by atoms with E-state index in [2.05, 4.69) is 0 Å². The molecule has 0 saturated heterocycles. The zero-order valence-corrected chi connectivity index (χ0v) is 9.86. The summed E-state index contributed by atoms with van der Waals surface area (Å²) in [6, 6.07) is -0.00515. The molecule has 0 aromatic carbocycles. The predicted octanol–water partition coefficient (Wildman–Crippen LogP) is 0.343. The van der Waals surface area contributed by atoms with Gasteiger partial charge >= 0.3 is 0 Å². The number of carbonyl (C=O) groups excluding carboxylic acids is 1. The van der Waals surface area contributed by atoms with E-state index >= 15 is 0 Å². The molecule has 0 spiro atoms. The van der Waals surface area contributed by atoms with Gasteiger partial charge in [0.25, 0.3) is 0 Å². The highest BCUT2D eigenvalue weighted by molar-refractivity contribution is 5.77. The number of nitrogens with two attached hydrogens (primary N) is 1. The minimum atomic E-state index is -0.500. The number of nitrogens with zero attached hydrogens (tertiary/aromatic N) is 1. The number of carbonyl (C=O) groups is 1. The van der Waals surface area contributed by atoms with E-state index in [1.165, 1.54) is 0 Å². The summed E-state index contributed by atoms with van der Waals surface area (Å²) in [7, 11) is 1.72. The maximum atomic E-state index is 11.8. The van der Waals surface area contributed by atoms with Crippen molar-refractivity contribution in [3.8, 4) is 0 Å². The number of hydrogen-bond acceptors (Lipinski definition) is 3. The largest absolute Gasteiger partial charge is 0.394 e. The van der Waals surface area contributed by atoms with Crippen LogP contribution < -0.4 is 5.73 Å². The predicted molar refractivity (Wildman–Crippen MR) is 59.3 cm³/mol. The minimum Gasteiger partial charge on any atom is -0.394 e. The summed E-state index contributed by atoms with van der Waals surface area (Å²) in [6.45, 7) is 3.65. The van der Waals surface area contributed by atoms with Crippen molar-refractivity contribution in [1.29, 1.82) is 0 Å². The first-order chi connectivity index (χ1) is 6.88. The molecule has 1 fully saturated rings. The van der Waals surface area contributed by atoms with Gasteiger partial charge < -0.3 is 15.7 Å². The van der Waals surface area contributed by atoms with Gasteiger partial charge in [0.2, 0.25) is 5.91 Å². The van der Waals surface area contributed by atoms with Crippen molar-refractivity contribution < 1.29 is 9.90 Å². The molecule has 3 N–H and O–H groups in total. The lowest BCUT2D eigenvalue weighted by Gasteiger charge is -2.34. The Morgan fingerprint density at radius 3 is 2.53 bits per heavy atom. The summed E-state index contributed by atoms with van der Waals surface area (Å²) < 4.78 is 0. The molecule has 0 radical (unpaired) electrons. The molecule has 15 heavy (non-hydrogen) atoms. The maximum absolute atomic E-state index is 11.8. The Balaban J connectivity index is 2.44. The molecular weight excluding hydrogens is 192 g/mol. The molecule has 0 aliphatic heterocycles. The zero-order chi connectivity index (χ0) is 11.6. The lowest BCUT2D eigenvalue weighted by Crippen LogP contribution is -2.49. The van der Waals surface area contributed by atoms with Crippen LogP contribution in [0.25, 0.3) is 0 Å². The van der Waals surface area contributed by atoms with Gasteiger partial charge in [-0.05, 0) is 32.6 Å². The molecule has 1 aliphatic carbocycles. The van der Waals surface area contributed by atoms with Gasteiger partial charge in [-0.15, -0.1) is 0 Å². The highest BCUT2D eigenvalue weighted by atomic mass is 16.3. The molecule has 1 rings (SSSR count). The molecule has 0 heterocycles. The molecule has 0 aromatic rings. The first kappa shape index (κ1) is 12.5. The Hall–Kier alpha value is -0.610. The van der Waals surface area contributed by atoms with Crippen molar-refractivity contribution in [3.05, 3.63) is 0 Å². The van der Waals surface area contributed by atoms with E-state index in [4.69, 9.17) is 10.8 Å². The van der Waals surface area contributed by atoms with E-state index in [0.29, 0.717) is 12.3 Å². The van der Waals surface area contributed by atoms with Crippen LogP contribution in [0.4, 0.5) is 0 Å². The fourth-order valence-corrected chi connectivity index (χ4v) is 1.47. The van der Waals surface area contributed by atoms with E-state index in [1.54, 1.807) is 11.9 Å². The number of rotatable bonds is 5. The molecule has 4 nitrogen and oxygen atoms in total. The van der Waals surface area contributed by atoms with E-state index in [1.807, 2.05) is 13.8 Å². The average Bonchev–Trinajstić information content (AvgIpc) is 2.99. The number of hydrogen-bond donors (Lipinski definition) is 2. The fourth-order valence-electron chi connectivity index (χ4n) is 1.47. The molecule has 0 bridgehead atoms. The number of likely N-dealkylation sites (N-methyl/N-ethyl adjacent to an activating group) is 1. The highest BCUT2D eigenvalue weighted by Gasteiger charge is 2.33. The second-order valence-electron chi connectivity index (χ2n) is 5.13. The third-order valence-corrected chi connectivity index (χ3v) is 3.31. The third-order valence-electron chi connectivity index (χ3n) is 3.31. The summed E-state index contributed by atoms with van der Waals surface area (Å²) in [5, 5.41) is 9.14. The topological polar surface area (TPSA) is 66.6 Å². The highest BCUT2D eigenvalue weighted by Crippen LogP contribution is 2.33. The smallest absolute Gasteiger partial charge is 0.224 e. The van der Waals surface area contributed by atoms with E-state index < -0.39 is 5.54 Å². The van der Waals surface area contributed by atoms with Crippen LogP contribution in [0.1, 0.15) is 33.1 Å². The van der Waals surface area contributed by atoms with Gasteiger partial charge in [-0.1, -0.05) is 0 Å². The molecule has 1 unspecified atom stereocenters. The Morgan fingerprint density at radius 2 is 2.13 bits per heavy atom. The van der Waals surface area contributed by atoms with Crippen LogP contribution in [0.5, 0.6) is 0 Å². The average molecular weight is 214 g/mol. The van der Waals surface area contributed by atoms with Gasteiger partial charge in [0, 0.05) is 19.5 Å². The standard InChI is InChI=1S/C11H22N2O2/c1-11(2,7-14)13(3)10(15)6-9(12)8-4-5-8/h8-9,14H,4-7,12H2,1-3H3. The summed E-state index contributed by atoms with van der Waals surface area (Å²) in [5.41, 5.74) is 5.39. The Labute approximate surface area is 91.4 Å². The summed E-state index contributed by atoms with van der Waals surface area (Å²) >= 11 is 0. The number of amides is 1. The van der Waals surface area contributed by atoms with Crippen molar-refractivity contribution in [2.45, 2.75) is 44.7 Å². The van der Waals surface area contributed by atoms with Crippen LogP contribution in [0.2, 0.25) is 0 Å². The molecule has 1 amide bonds. The first-order valence-electron chi connectivity index (χ1n) is 5.51. The molecule has 1 atom stereocenters. The molecule has 88 valence electrons. The van der Waals surface area contributed by atoms with Crippen molar-refractivity contribution in [2.24, 2.45) is 11.7 Å². The Kier molecular flexibility index (Phi) is 3.73. The Morgan fingerprint density at radius 1 is 1.60 bits per heavy atom. The van der Waals surface area contributed by atoms with Gasteiger partial charge in [-0.25, -0.2) is 0 Å². The van der Waals surface area contributed by atoms with Crippen LogP contribution in [-0.2, 0) is 4.79 Å². The second kappa shape index (κ2) is 4.49. The SMILES string of the molecule is CN(C(=O)CC(N)C1CC1)C(C)(C)CO. The molecule has 0 aromatic heterocycles. The molecule has 4 heteroatoms. The zero-order valence-electron chi connectivity index (χ0n) is 9.86. The van der Waals surface area contributed by atoms with Gasteiger partial charge in [0.15, 0.2) is 0 Å². The van der Waals surface area contributed by atoms with Crippen molar-refractivity contribution in [3.63, 3.8) is 0 Å². The first-order valence-corrected chi connectivity index (χ1v) is 5.51. The number of aliphatic hydroxyl groups excluding tert-OH is 1.